The molecule has 276 valence electrons. The van der Waals surface area contributed by atoms with Crippen molar-refractivity contribution in [1.82, 2.24) is 29.8 Å². The summed E-state index contributed by atoms with van der Waals surface area (Å²) in [5.41, 5.74) is 0.779. The molecule has 2 N–H and O–H groups in total. The summed E-state index contributed by atoms with van der Waals surface area (Å²) in [5.74, 6) is -0.0291. The molecule has 2 saturated carbocycles. The van der Waals surface area contributed by atoms with Gasteiger partial charge in [-0.2, -0.15) is 0 Å². The van der Waals surface area contributed by atoms with Gasteiger partial charge in [-0.1, -0.05) is 32.1 Å². The molecule has 7 rings (SSSR count). The number of rotatable bonds is 9. The second-order valence-electron chi connectivity index (χ2n) is 14.7. The van der Waals surface area contributed by atoms with E-state index in [2.05, 4.69) is 23.9 Å². The number of ether oxygens (including phenoxy) is 2. The van der Waals surface area contributed by atoms with Crippen LogP contribution in [-0.4, -0.2) is 89.2 Å². The van der Waals surface area contributed by atoms with Crippen molar-refractivity contribution in [2.24, 2.45) is 5.92 Å². The number of allylic oxidation sites excluding steroid dienone is 2. The van der Waals surface area contributed by atoms with Crippen molar-refractivity contribution in [3.8, 4) is 22.2 Å². The Bertz CT molecular complexity index is 2090. The highest BCUT2D eigenvalue weighted by molar-refractivity contribution is 7.91. The Balaban J connectivity index is 1.17. The van der Waals surface area contributed by atoms with E-state index in [1.165, 1.54) is 21.1 Å². The number of sulfonamides is 1. The van der Waals surface area contributed by atoms with E-state index in [1.54, 1.807) is 27.3 Å². The third-order valence-electron chi connectivity index (χ3n) is 10.6. The summed E-state index contributed by atoms with van der Waals surface area (Å²) in [7, 11) is -0.706. The van der Waals surface area contributed by atoms with Gasteiger partial charge >= 0.3 is 6.03 Å². The van der Waals surface area contributed by atoms with E-state index >= 15 is 0 Å². The highest BCUT2D eigenvalue weighted by atomic mass is 32.2. The Morgan fingerprint density at radius 2 is 1.92 bits per heavy atom. The number of fused-ring (bicyclic) bond motifs is 3. The molecule has 0 bridgehead atoms. The number of nitrogens with one attached hydrogen (secondary N) is 2. The van der Waals surface area contributed by atoms with Crippen molar-refractivity contribution in [3.05, 3.63) is 59.8 Å². The van der Waals surface area contributed by atoms with Crippen LogP contribution in [0.3, 0.4) is 0 Å². The number of likely N-dealkylation sites (N-methyl/N-ethyl adjacent to an activating group) is 1. The Kier molecular flexibility index (Phi) is 9.30. The number of thiazole rings is 1. The predicted molar refractivity (Wildman–Crippen MR) is 197 cm³/mol. The molecule has 3 fully saturated rings. The number of benzene rings is 1. The van der Waals surface area contributed by atoms with Gasteiger partial charge in [-0.25, -0.2) is 23.2 Å². The van der Waals surface area contributed by atoms with Crippen molar-refractivity contribution >= 4 is 50.1 Å². The van der Waals surface area contributed by atoms with E-state index < -0.39 is 50.2 Å². The fourth-order valence-electron chi connectivity index (χ4n) is 6.68. The van der Waals surface area contributed by atoms with Gasteiger partial charge in [0.05, 0.1) is 29.1 Å². The van der Waals surface area contributed by atoms with Gasteiger partial charge in [-0.05, 0) is 57.1 Å². The maximum absolute atomic E-state index is 14.2. The third kappa shape index (κ3) is 6.64. The second-order valence-corrected chi connectivity index (χ2v) is 17.7. The topological polar surface area (TPSA) is 160 Å². The van der Waals surface area contributed by atoms with E-state index in [9.17, 15) is 22.8 Å². The van der Waals surface area contributed by atoms with Crippen LogP contribution in [0.25, 0.3) is 21.6 Å². The quantitative estimate of drug-likeness (QED) is 0.284. The normalized spacial score (nSPS) is 26.7. The van der Waals surface area contributed by atoms with Crippen LogP contribution in [0.4, 0.5) is 4.79 Å². The molecule has 52 heavy (non-hydrogen) atoms. The predicted octanol–water partition coefficient (Wildman–Crippen LogP) is 5.10. The minimum atomic E-state index is -3.95. The van der Waals surface area contributed by atoms with Crippen LogP contribution >= 0.6 is 11.3 Å². The first-order valence-electron chi connectivity index (χ1n) is 17.6. The Labute approximate surface area is 307 Å². The lowest BCUT2D eigenvalue weighted by molar-refractivity contribution is -0.139. The molecule has 2 aliphatic carbocycles. The summed E-state index contributed by atoms with van der Waals surface area (Å²) in [5, 5.41) is 6.38. The van der Waals surface area contributed by atoms with Crippen LogP contribution in [0.1, 0.15) is 70.9 Å². The fourth-order valence-corrected chi connectivity index (χ4v) is 8.93. The number of pyridine rings is 1. The highest BCUT2D eigenvalue weighted by Crippen LogP contribution is 2.48. The molecule has 1 saturated heterocycles. The monoisotopic (exact) mass is 748 g/mol. The first kappa shape index (κ1) is 35.9. The minimum absolute atomic E-state index is 0.0473. The molecule has 0 unspecified atom stereocenters. The number of aromatic nitrogens is 2. The van der Waals surface area contributed by atoms with Crippen LogP contribution < -0.4 is 19.5 Å². The summed E-state index contributed by atoms with van der Waals surface area (Å²) in [4.78, 5) is 54.1. The molecule has 0 radical (unpaired) electrons. The van der Waals surface area contributed by atoms with Gasteiger partial charge in [0, 0.05) is 48.5 Å². The zero-order valence-corrected chi connectivity index (χ0v) is 31.6. The summed E-state index contributed by atoms with van der Waals surface area (Å²) >= 11 is 1.50. The largest absolute Gasteiger partial charge is 0.497 e. The number of hydrogen-bond donors (Lipinski definition) is 2. The van der Waals surface area contributed by atoms with E-state index in [0.29, 0.717) is 54.8 Å². The summed E-state index contributed by atoms with van der Waals surface area (Å²) in [6.07, 6.45) is 10.2. The Hall–Kier alpha value is -4.50. The molecule has 0 spiro atoms. The number of carbonyl (C=O) groups excluding carboxylic acids is 3. The first-order chi connectivity index (χ1) is 24.7. The number of amides is 4. The summed E-state index contributed by atoms with van der Waals surface area (Å²) < 4.78 is 39.3. The zero-order valence-electron chi connectivity index (χ0n) is 29.9. The maximum Gasteiger partial charge on any atom is 0.319 e. The van der Waals surface area contributed by atoms with Crippen LogP contribution in [-0.2, 0) is 19.6 Å². The van der Waals surface area contributed by atoms with Gasteiger partial charge in [0.2, 0.25) is 15.9 Å². The van der Waals surface area contributed by atoms with E-state index in [0.717, 1.165) is 16.1 Å². The average molecular weight is 749 g/mol. The van der Waals surface area contributed by atoms with Gasteiger partial charge < -0.3 is 24.6 Å². The van der Waals surface area contributed by atoms with Crippen molar-refractivity contribution in [1.29, 1.82) is 0 Å². The van der Waals surface area contributed by atoms with Crippen LogP contribution in [0.15, 0.2) is 54.1 Å². The van der Waals surface area contributed by atoms with Crippen molar-refractivity contribution < 1.29 is 32.3 Å². The lowest BCUT2D eigenvalue weighted by atomic mass is 9.92. The molecule has 4 aliphatic rings. The van der Waals surface area contributed by atoms with E-state index in [-0.39, 0.29) is 24.9 Å². The Morgan fingerprint density at radius 1 is 1.15 bits per heavy atom. The zero-order chi connectivity index (χ0) is 37.0. The lowest BCUT2D eigenvalue weighted by Gasteiger charge is -2.48. The van der Waals surface area contributed by atoms with Crippen molar-refractivity contribution in [3.63, 3.8) is 0 Å². The lowest BCUT2D eigenvalue weighted by Crippen LogP contribution is -2.69. The Morgan fingerprint density at radius 3 is 2.63 bits per heavy atom. The first-order valence-corrected chi connectivity index (χ1v) is 20.0. The molecular weight excluding hydrogens is 705 g/mol. The van der Waals surface area contributed by atoms with Crippen LogP contribution in [0, 0.1) is 5.92 Å². The smallest absolute Gasteiger partial charge is 0.319 e. The van der Waals surface area contributed by atoms with Gasteiger partial charge in [-0.15, -0.1) is 11.3 Å². The highest BCUT2D eigenvalue weighted by Gasteiger charge is 2.63. The average Bonchev–Trinajstić information content (AvgIpc) is 3.95. The molecule has 2 aromatic heterocycles. The molecule has 15 heteroatoms. The summed E-state index contributed by atoms with van der Waals surface area (Å²) in [6, 6.07) is 5.37. The number of urea groups is 1. The van der Waals surface area contributed by atoms with Gasteiger partial charge in [0.1, 0.15) is 40.4 Å². The van der Waals surface area contributed by atoms with Crippen molar-refractivity contribution in [2.75, 3.05) is 20.8 Å². The van der Waals surface area contributed by atoms with Crippen LogP contribution in [0.2, 0.25) is 0 Å². The fraction of sp³-hybridized carbons (Fsp3) is 0.486. The molecule has 2 aliphatic heterocycles. The van der Waals surface area contributed by atoms with Crippen molar-refractivity contribution in [2.45, 2.75) is 87.6 Å². The van der Waals surface area contributed by atoms with E-state index in [4.69, 9.17) is 19.4 Å². The molecule has 4 atom stereocenters. The summed E-state index contributed by atoms with van der Waals surface area (Å²) in [6.45, 7) is 5.81. The number of carbonyl (C=O) groups is 3. The molecular formula is C37H44N6O7S2. The standard InChI is InChI=1S/C37H44N6O7S2/c1-22(2)29-21-51-32(39-29)28-18-31(26-12-11-25(49-5)17-27(26)38-28)50-20-24-16-30-33(44)42(4)15-9-7-6-8-10-23-19-37(23,40-35(46)43(24)30)34(45)41-52(47,48)36(3)13-14-36/h8-12,15,17-18,21-24,30H,6-7,13-14,16,19-20H2,1-5H3,(H,40,46)(H,41,45)/b10-8-,15-9-/t23-,24+,30+,37-/m1/s1. The van der Waals surface area contributed by atoms with Gasteiger partial charge in [0.25, 0.3) is 5.91 Å². The molecule has 1 aromatic carbocycles. The third-order valence-corrected chi connectivity index (χ3v) is 13.7. The van der Waals surface area contributed by atoms with Crippen LogP contribution in [0.5, 0.6) is 11.5 Å². The minimum Gasteiger partial charge on any atom is -0.497 e. The molecule has 4 heterocycles. The molecule has 3 aromatic rings. The number of nitrogens with zero attached hydrogens (tertiary/aromatic N) is 4. The van der Waals surface area contributed by atoms with Gasteiger partial charge in [-0.3, -0.25) is 14.3 Å². The number of methoxy groups -OCH3 is 1. The second kappa shape index (κ2) is 13.5. The SMILES string of the molecule is COc1ccc2c(OC[C@@H]3C[C@H]4C(=O)N(C)/C=C\CC/C=C\[C@@H]5C[C@@]5(C(=O)NS(=O)(=O)C5(C)CC5)NC(=O)N34)cc(-c3nc(C(C)C)cs3)nc2c1. The van der Waals surface area contributed by atoms with E-state index in [1.807, 2.05) is 47.9 Å². The van der Waals surface area contributed by atoms with Gasteiger partial charge in [0.15, 0.2) is 0 Å². The molecule has 13 nitrogen and oxygen atoms in total. The molecule has 4 amide bonds. The number of hydrogen-bond acceptors (Lipinski definition) is 10. The maximum atomic E-state index is 14.2.